The first-order valence-electron chi connectivity index (χ1n) is 9.96. The molecule has 29 heavy (non-hydrogen) atoms. The van der Waals surface area contributed by atoms with Crippen LogP contribution in [0.4, 0.5) is 0 Å². The van der Waals surface area contributed by atoms with Gasteiger partial charge in [0.2, 0.25) is 0 Å². The van der Waals surface area contributed by atoms with Crippen LogP contribution in [0.2, 0.25) is 0 Å². The zero-order chi connectivity index (χ0) is 19.8. The number of aromatic nitrogens is 2. The SMILES string of the molecule is COc1ccc2cc([C@@H]3CN(C(=O)c4cn5c(n4)CNCC5)CCO3)ccc2c1. The van der Waals surface area contributed by atoms with Crippen molar-refractivity contribution in [3.05, 3.63) is 59.7 Å². The molecule has 3 aromatic rings. The predicted octanol–water partition coefficient (Wildman–Crippen LogP) is 2.36. The van der Waals surface area contributed by atoms with E-state index in [-0.39, 0.29) is 12.0 Å². The molecule has 2 aliphatic rings. The van der Waals surface area contributed by atoms with Crippen molar-refractivity contribution >= 4 is 16.7 Å². The first kappa shape index (κ1) is 18.1. The minimum absolute atomic E-state index is 0.0225. The number of amides is 1. The van der Waals surface area contributed by atoms with Crippen molar-refractivity contribution in [1.29, 1.82) is 0 Å². The van der Waals surface area contributed by atoms with Crippen LogP contribution in [-0.2, 0) is 17.8 Å². The highest BCUT2D eigenvalue weighted by Gasteiger charge is 2.28. The Kier molecular flexibility index (Phi) is 4.69. The Bertz CT molecular complexity index is 1040. The molecular formula is C22H24N4O3. The highest BCUT2D eigenvalue weighted by molar-refractivity contribution is 5.92. The van der Waals surface area contributed by atoms with E-state index in [1.807, 2.05) is 29.3 Å². The number of methoxy groups -OCH3 is 1. The van der Waals surface area contributed by atoms with Crippen molar-refractivity contribution in [3.63, 3.8) is 0 Å². The summed E-state index contributed by atoms with van der Waals surface area (Å²) in [4.78, 5) is 19.4. The van der Waals surface area contributed by atoms with Crippen LogP contribution < -0.4 is 10.1 Å². The van der Waals surface area contributed by atoms with E-state index < -0.39 is 0 Å². The molecule has 0 unspecified atom stereocenters. The molecule has 1 amide bonds. The summed E-state index contributed by atoms with van der Waals surface area (Å²) in [6.07, 6.45) is 1.74. The van der Waals surface area contributed by atoms with Crippen LogP contribution in [0.25, 0.3) is 10.8 Å². The summed E-state index contributed by atoms with van der Waals surface area (Å²) >= 11 is 0. The van der Waals surface area contributed by atoms with E-state index in [1.165, 1.54) is 0 Å². The summed E-state index contributed by atoms with van der Waals surface area (Å²) in [5.74, 6) is 1.74. The number of ether oxygens (including phenoxy) is 2. The third kappa shape index (κ3) is 3.47. The second-order valence-corrected chi connectivity index (χ2v) is 7.50. The normalized spacial score (nSPS) is 19.2. The fourth-order valence-electron chi connectivity index (χ4n) is 4.06. The lowest BCUT2D eigenvalue weighted by Gasteiger charge is -2.33. The molecule has 3 heterocycles. The van der Waals surface area contributed by atoms with Crippen molar-refractivity contribution in [2.75, 3.05) is 33.4 Å². The Balaban J connectivity index is 1.35. The summed E-state index contributed by atoms with van der Waals surface area (Å²) in [7, 11) is 1.67. The van der Waals surface area contributed by atoms with Gasteiger partial charge >= 0.3 is 0 Å². The molecule has 1 saturated heterocycles. The number of hydrogen-bond donors (Lipinski definition) is 1. The summed E-state index contributed by atoms with van der Waals surface area (Å²) in [6.45, 7) is 4.10. The van der Waals surface area contributed by atoms with Crippen LogP contribution in [-0.4, -0.2) is 53.7 Å². The molecule has 7 nitrogen and oxygen atoms in total. The zero-order valence-electron chi connectivity index (χ0n) is 16.4. The standard InChI is InChI=1S/C22H24N4O3/c1-28-18-5-4-15-10-17(3-2-16(15)11-18)20-14-26(8-9-29-20)22(27)19-13-25-7-6-23-12-21(25)24-19/h2-5,10-11,13,20,23H,6-9,12,14H2,1H3/t20-/m0/s1. The van der Waals surface area contributed by atoms with Gasteiger partial charge < -0.3 is 24.3 Å². The molecule has 150 valence electrons. The molecule has 2 aliphatic heterocycles. The topological polar surface area (TPSA) is 68.6 Å². The monoisotopic (exact) mass is 392 g/mol. The Morgan fingerprint density at radius 1 is 1.21 bits per heavy atom. The van der Waals surface area contributed by atoms with Gasteiger partial charge in [-0.05, 0) is 34.5 Å². The zero-order valence-corrected chi connectivity index (χ0v) is 16.4. The average molecular weight is 392 g/mol. The second-order valence-electron chi connectivity index (χ2n) is 7.50. The van der Waals surface area contributed by atoms with E-state index >= 15 is 0 Å². The number of imidazole rings is 1. The quantitative estimate of drug-likeness (QED) is 0.741. The fraction of sp³-hybridized carbons (Fsp3) is 0.364. The number of nitrogens with zero attached hydrogens (tertiary/aromatic N) is 3. The number of carbonyl (C=O) groups excluding carboxylic acids is 1. The second kappa shape index (κ2) is 7.50. The Morgan fingerprint density at radius 3 is 2.93 bits per heavy atom. The number of fused-ring (bicyclic) bond motifs is 2. The van der Waals surface area contributed by atoms with Crippen LogP contribution in [0.5, 0.6) is 5.75 Å². The molecule has 0 aliphatic carbocycles. The number of nitrogens with one attached hydrogen (secondary N) is 1. The van der Waals surface area contributed by atoms with Crippen molar-refractivity contribution in [2.24, 2.45) is 0 Å². The van der Waals surface area contributed by atoms with Gasteiger partial charge in [-0.3, -0.25) is 4.79 Å². The van der Waals surface area contributed by atoms with Crippen molar-refractivity contribution in [1.82, 2.24) is 19.8 Å². The number of carbonyl (C=O) groups is 1. The van der Waals surface area contributed by atoms with Gasteiger partial charge in [0.15, 0.2) is 0 Å². The molecule has 0 spiro atoms. The molecule has 1 fully saturated rings. The van der Waals surface area contributed by atoms with E-state index in [4.69, 9.17) is 9.47 Å². The lowest BCUT2D eigenvalue weighted by Crippen LogP contribution is -2.42. The highest BCUT2D eigenvalue weighted by atomic mass is 16.5. The van der Waals surface area contributed by atoms with Crippen LogP contribution in [0.15, 0.2) is 42.6 Å². The van der Waals surface area contributed by atoms with Gasteiger partial charge in [0.25, 0.3) is 5.91 Å². The molecule has 1 atom stereocenters. The first-order chi connectivity index (χ1) is 14.2. The molecule has 0 bridgehead atoms. The molecule has 1 aromatic heterocycles. The Morgan fingerprint density at radius 2 is 2.07 bits per heavy atom. The average Bonchev–Trinajstić information content (AvgIpc) is 3.22. The van der Waals surface area contributed by atoms with Crippen molar-refractivity contribution in [2.45, 2.75) is 19.2 Å². The van der Waals surface area contributed by atoms with Gasteiger partial charge in [-0.15, -0.1) is 0 Å². The molecule has 0 radical (unpaired) electrons. The first-order valence-corrected chi connectivity index (χ1v) is 9.96. The summed E-state index contributed by atoms with van der Waals surface area (Å²) < 4.78 is 13.4. The van der Waals surface area contributed by atoms with Gasteiger partial charge in [-0.25, -0.2) is 4.98 Å². The van der Waals surface area contributed by atoms with Crippen LogP contribution >= 0.6 is 0 Å². The highest BCUT2D eigenvalue weighted by Crippen LogP contribution is 2.28. The lowest BCUT2D eigenvalue weighted by atomic mass is 10.0. The lowest BCUT2D eigenvalue weighted by molar-refractivity contribution is -0.0229. The number of morpholine rings is 1. The van der Waals surface area contributed by atoms with E-state index in [0.717, 1.165) is 41.0 Å². The van der Waals surface area contributed by atoms with Gasteiger partial charge in [-0.1, -0.05) is 18.2 Å². The van der Waals surface area contributed by atoms with Gasteiger partial charge in [0.05, 0.1) is 26.8 Å². The fourth-order valence-corrected chi connectivity index (χ4v) is 4.06. The van der Waals surface area contributed by atoms with Crippen LogP contribution in [0.3, 0.4) is 0 Å². The van der Waals surface area contributed by atoms with Crippen LogP contribution in [0.1, 0.15) is 28.0 Å². The van der Waals surface area contributed by atoms with Gasteiger partial charge in [0, 0.05) is 25.8 Å². The van der Waals surface area contributed by atoms with Crippen molar-refractivity contribution in [3.8, 4) is 5.75 Å². The maximum Gasteiger partial charge on any atom is 0.274 e. The smallest absolute Gasteiger partial charge is 0.274 e. The summed E-state index contributed by atoms with van der Waals surface area (Å²) in [5.41, 5.74) is 1.60. The third-order valence-corrected chi connectivity index (χ3v) is 5.69. The van der Waals surface area contributed by atoms with E-state index in [0.29, 0.717) is 31.9 Å². The predicted molar refractivity (Wildman–Crippen MR) is 109 cm³/mol. The molecule has 7 heteroatoms. The number of benzene rings is 2. The molecule has 0 saturated carbocycles. The number of rotatable bonds is 3. The third-order valence-electron chi connectivity index (χ3n) is 5.69. The van der Waals surface area contributed by atoms with E-state index in [9.17, 15) is 4.79 Å². The van der Waals surface area contributed by atoms with E-state index in [2.05, 4.69) is 33.1 Å². The minimum Gasteiger partial charge on any atom is -0.497 e. The van der Waals surface area contributed by atoms with Gasteiger partial charge in [-0.2, -0.15) is 0 Å². The van der Waals surface area contributed by atoms with Crippen molar-refractivity contribution < 1.29 is 14.3 Å². The Labute approximate surface area is 169 Å². The maximum atomic E-state index is 13.0. The Hall–Kier alpha value is -2.90. The largest absolute Gasteiger partial charge is 0.497 e. The van der Waals surface area contributed by atoms with E-state index in [1.54, 1.807) is 7.11 Å². The minimum atomic E-state index is -0.141. The maximum absolute atomic E-state index is 13.0. The number of hydrogen-bond acceptors (Lipinski definition) is 5. The summed E-state index contributed by atoms with van der Waals surface area (Å²) in [6, 6.07) is 12.3. The molecular weight excluding hydrogens is 368 g/mol. The van der Waals surface area contributed by atoms with Crippen LogP contribution in [0, 0.1) is 0 Å². The molecule has 2 aromatic carbocycles. The summed E-state index contributed by atoms with van der Waals surface area (Å²) in [5, 5.41) is 5.54. The molecule has 5 rings (SSSR count). The molecule has 1 N–H and O–H groups in total. The van der Waals surface area contributed by atoms with Gasteiger partial charge in [0.1, 0.15) is 23.4 Å².